The lowest BCUT2D eigenvalue weighted by Crippen LogP contribution is -2.48. The highest BCUT2D eigenvalue weighted by molar-refractivity contribution is 7.15. The normalized spacial score (nSPS) is 18.9. The predicted octanol–water partition coefficient (Wildman–Crippen LogP) is 2.56. The van der Waals surface area contributed by atoms with Gasteiger partial charge in [-0.25, -0.2) is 4.98 Å². The summed E-state index contributed by atoms with van der Waals surface area (Å²) in [5, 5.41) is 4.04. The smallest absolute Gasteiger partial charge is 0.227 e. The van der Waals surface area contributed by atoms with E-state index < -0.39 is 0 Å². The fraction of sp³-hybridized carbons (Fsp3) is 0.476. The van der Waals surface area contributed by atoms with E-state index in [1.165, 1.54) is 4.88 Å². The highest BCUT2D eigenvalue weighted by Gasteiger charge is 2.29. The minimum absolute atomic E-state index is 0.0449. The van der Waals surface area contributed by atoms with Gasteiger partial charge in [-0.1, -0.05) is 6.07 Å². The fourth-order valence-corrected chi connectivity index (χ4v) is 5.12. The van der Waals surface area contributed by atoms with Crippen molar-refractivity contribution in [3.8, 4) is 5.75 Å². The second-order valence-electron chi connectivity index (χ2n) is 7.52. The van der Waals surface area contributed by atoms with E-state index in [2.05, 4.69) is 10.2 Å². The zero-order chi connectivity index (χ0) is 20.4. The number of rotatable bonds is 4. The highest BCUT2D eigenvalue weighted by atomic mass is 32.1. The number of aromatic nitrogens is 1. The van der Waals surface area contributed by atoms with Gasteiger partial charge in [-0.05, 0) is 31.4 Å². The Morgan fingerprint density at radius 2 is 2.03 bits per heavy atom. The SMILES string of the molecule is COc1cccc(NC(=O)[C@H]2CCc3nc(N4CCN(C(C)=O)CC4)sc3C2)c1. The van der Waals surface area contributed by atoms with Crippen LogP contribution >= 0.6 is 11.3 Å². The van der Waals surface area contributed by atoms with Crippen LogP contribution in [0.1, 0.15) is 23.9 Å². The van der Waals surface area contributed by atoms with Crippen molar-refractivity contribution < 1.29 is 14.3 Å². The number of carbonyl (C=O) groups is 2. The van der Waals surface area contributed by atoms with Crippen LogP contribution in [0.5, 0.6) is 5.75 Å². The summed E-state index contributed by atoms with van der Waals surface area (Å²) in [5.41, 5.74) is 1.89. The molecule has 1 aliphatic carbocycles. The molecule has 0 saturated carbocycles. The first-order chi connectivity index (χ1) is 14.0. The number of thiazole rings is 1. The largest absolute Gasteiger partial charge is 0.497 e. The van der Waals surface area contributed by atoms with Crippen LogP contribution in [0.3, 0.4) is 0 Å². The lowest BCUT2D eigenvalue weighted by atomic mass is 9.90. The van der Waals surface area contributed by atoms with Gasteiger partial charge in [0.1, 0.15) is 5.75 Å². The zero-order valence-corrected chi connectivity index (χ0v) is 17.6. The molecule has 1 saturated heterocycles. The maximum Gasteiger partial charge on any atom is 0.227 e. The van der Waals surface area contributed by atoms with Crippen LogP contribution in [0.2, 0.25) is 0 Å². The molecule has 0 unspecified atom stereocenters. The van der Waals surface area contributed by atoms with Crippen LogP contribution in [0.15, 0.2) is 24.3 Å². The van der Waals surface area contributed by atoms with Crippen molar-refractivity contribution in [2.75, 3.05) is 43.5 Å². The van der Waals surface area contributed by atoms with Gasteiger partial charge < -0.3 is 19.9 Å². The van der Waals surface area contributed by atoms with E-state index in [4.69, 9.17) is 9.72 Å². The van der Waals surface area contributed by atoms with Crippen LogP contribution < -0.4 is 15.0 Å². The quantitative estimate of drug-likeness (QED) is 0.832. The highest BCUT2D eigenvalue weighted by Crippen LogP contribution is 2.35. The van der Waals surface area contributed by atoms with Crippen LogP contribution in [-0.4, -0.2) is 55.0 Å². The molecule has 2 heterocycles. The summed E-state index contributed by atoms with van der Waals surface area (Å²) in [7, 11) is 1.62. The summed E-state index contributed by atoms with van der Waals surface area (Å²) in [5.74, 6) is 0.865. The third-order valence-electron chi connectivity index (χ3n) is 5.63. The monoisotopic (exact) mass is 414 g/mol. The molecular weight excluding hydrogens is 388 g/mol. The topological polar surface area (TPSA) is 74.8 Å². The second kappa shape index (κ2) is 8.41. The molecule has 0 bridgehead atoms. The van der Waals surface area contributed by atoms with Crippen LogP contribution in [0.4, 0.5) is 10.8 Å². The summed E-state index contributed by atoms with van der Waals surface area (Å²) in [6.07, 6.45) is 2.37. The van der Waals surface area contributed by atoms with Gasteiger partial charge in [0, 0.05) is 55.7 Å². The maximum absolute atomic E-state index is 12.8. The van der Waals surface area contributed by atoms with Crippen LogP contribution in [0, 0.1) is 5.92 Å². The molecule has 8 heteroatoms. The van der Waals surface area contributed by atoms with Crippen molar-refractivity contribution in [1.82, 2.24) is 9.88 Å². The van der Waals surface area contributed by atoms with Gasteiger partial charge in [-0.2, -0.15) is 0 Å². The van der Waals surface area contributed by atoms with Gasteiger partial charge in [0.05, 0.1) is 12.8 Å². The molecule has 0 radical (unpaired) electrons. The van der Waals surface area contributed by atoms with E-state index in [1.54, 1.807) is 25.4 Å². The molecule has 1 N–H and O–H groups in total. The third kappa shape index (κ3) is 4.37. The van der Waals surface area contributed by atoms with Crippen molar-refractivity contribution in [3.05, 3.63) is 34.8 Å². The molecule has 1 atom stereocenters. The van der Waals surface area contributed by atoms with Gasteiger partial charge >= 0.3 is 0 Å². The zero-order valence-electron chi connectivity index (χ0n) is 16.8. The van der Waals surface area contributed by atoms with E-state index in [1.807, 2.05) is 29.2 Å². The number of aryl methyl sites for hydroxylation is 1. The standard InChI is InChI=1S/C21H26N4O3S/c1-14(26)24-8-10-25(11-9-24)21-23-18-7-6-15(12-19(18)29-21)20(27)22-16-4-3-5-17(13-16)28-2/h3-5,13,15H,6-12H2,1-2H3,(H,22,27)/t15-/m0/s1. The Morgan fingerprint density at radius 1 is 1.24 bits per heavy atom. The lowest BCUT2D eigenvalue weighted by Gasteiger charge is -2.33. The Labute approximate surface area is 174 Å². The summed E-state index contributed by atoms with van der Waals surface area (Å²) in [4.78, 5) is 34.5. The molecule has 2 aliphatic rings. The minimum atomic E-state index is -0.0449. The maximum atomic E-state index is 12.8. The summed E-state index contributed by atoms with van der Waals surface area (Å²) in [6.45, 7) is 4.72. The number of nitrogens with zero attached hydrogens (tertiary/aromatic N) is 3. The molecule has 7 nitrogen and oxygen atoms in total. The van der Waals surface area contributed by atoms with Gasteiger partial charge in [0.2, 0.25) is 11.8 Å². The summed E-state index contributed by atoms with van der Waals surface area (Å²) < 4.78 is 5.22. The first kappa shape index (κ1) is 19.7. The van der Waals surface area contributed by atoms with Crippen molar-refractivity contribution >= 4 is 34.0 Å². The molecule has 1 aromatic carbocycles. The van der Waals surface area contributed by atoms with Gasteiger partial charge in [-0.3, -0.25) is 9.59 Å². The molecule has 4 rings (SSSR count). The molecule has 154 valence electrons. The van der Waals surface area contributed by atoms with E-state index in [0.717, 1.165) is 67.7 Å². The molecule has 29 heavy (non-hydrogen) atoms. The molecule has 0 spiro atoms. The Balaban J connectivity index is 1.38. The third-order valence-corrected chi connectivity index (χ3v) is 6.81. The summed E-state index contributed by atoms with van der Waals surface area (Å²) >= 11 is 1.70. The number of anilines is 2. The number of hydrogen-bond donors (Lipinski definition) is 1. The lowest BCUT2D eigenvalue weighted by molar-refractivity contribution is -0.129. The molecular formula is C21H26N4O3S. The number of nitrogens with one attached hydrogen (secondary N) is 1. The molecule has 1 fully saturated rings. The number of methoxy groups -OCH3 is 1. The van der Waals surface area contributed by atoms with E-state index in [-0.39, 0.29) is 17.7 Å². The van der Waals surface area contributed by atoms with E-state index in [0.29, 0.717) is 0 Å². The molecule has 2 amide bonds. The Bertz CT molecular complexity index is 905. The van der Waals surface area contributed by atoms with Crippen molar-refractivity contribution in [2.24, 2.45) is 5.92 Å². The van der Waals surface area contributed by atoms with E-state index in [9.17, 15) is 9.59 Å². The average Bonchev–Trinajstić information content (AvgIpc) is 3.17. The molecule has 1 aromatic heterocycles. The number of hydrogen-bond acceptors (Lipinski definition) is 6. The van der Waals surface area contributed by atoms with Gasteiger partial charge in [0.25, 0.3) is 0 Å². The second-order valence-corrected chi connectivity index (χ2v) is 8.58. The van der Waals surface area contributed by atoms with Crippen LogP contribution in [0.25, 0.3) is 0 Å². The fourth-order valence-electron chi connectivity index (χ4n) is 3.88. The first-order valence-corrected chi connectivity index (χ1v) is 10.8. The minimum Gasteiger partial charge on any atom is -0.497 e. The number of benzene rings is 1. The Kier molecular flexibility index (Phi) is 5.71. The Hall–Kier alpha value is -2.61. The number of fused-ring (bicyclic) bond motifs is 1. The average molecular weight is 415 g/mol. The number of carbonyl (C=O) groups excluding carboxylic acids is 2. The number of amides is 2. The first-order valence-electron chi connectivity index (χ1n) is 9.97. The van der Waals surface area contributed by atoms with Crippen molar-refractivity contribution in [3.63, 3.8) is 0 Å². The molecule has 1 aliphatic heterocycles. The van der Waals surface area contributed by atoms with Gasteiger partial charge in [0.15, 0.2) is 5.13 Å². The van der Waals surface area contributed by atoms with Crippen molar-refractivity contribution in [2.45, 2.75) is 26.2 Å². The number of ether oxygens (including phenoxy) is 1. The predicted molar refractivity (Wildman–Crippen MR) is 114 cm³/mol. The van der Waals surface area contributed by atoms with Crippen LogP contribution in [-0.2, 0) is 22.4 Å². The van der Waals surface area contributed by atoms with E-state index >= 15 is 0 Å². The van der Waals surface area contributed by atoms with Gasteiger partial charge in [-0.15, -0.1) is 11.3 Å². The van der Waals surface area contributed by atoms with Crippen molar-refractivity contribution in [1.29, 1.82) is 0 Å². The summed E-state index contributed by atoms with van der Waals surface area (Å²) in [6, 6.07) is 7.43. The molecule has 2 aromatic rings. The number of piperazine rings is 1. The Morgan fingerprint density at radius 3 is 2.76 bits per heavy atom.